The van der Waals surface area contributed by atoms with E-state index in [0.717, 1.165) is 5.56 Å². The summed E-state index contributed by atoms with van der Waals surface area (Å²) in [6.07, 6.45) is 0. The Morgan fingerprint density at radius 2 is 1.82 bits per heavy atom. The quantitative estimate of drug-likeness (QED) is 0.660. The number of rotatable bonds is 5. The molecule has 0 saturated carbocycles. The SMILES string of the molecule is COC(=O)CNC(=O)Nc1ccc2nc(-c3ccc(F)cc3)cc(OC)c2c1. The number of nitrogens with zero attached hydrogens (tertiary/aromatic N) is 1. The van der Waals surface area contributed by atoms with Crippen molar-refractivity contribution in [1.29, 1.82) is 0 Å². The van der Waals surface area contributed by atoms with Crippen LogP contribution in [0.3, 0.4) is 0 Å². The Hall–Kier alpha value is -3.68. The molecule has 0 unspecified atom stereocenters. The second-order valence-electron chi connectivity index (χ2n) is 5.83. The molecule has 0 atom stereocenters. The van der Waals surface area contributed by atoms with E-state index in [1.54, 1.807) is 36.4 Å². The van der Waals surface area contributed by atoms with Crippen molar-refractivity contribution in [1.82, 2.24) is 10.3 Å². The van der Waals surface area contributed by atoms with Crippen LogP contribution in [-0.4, -0.2) is 37.7 Å². The number of hydrogen-bond acceptors (Lipinski definition) is 5. The number of pyridine rings is 1. The number of benzene rings is 2. The van der Waals surface area contributed by atoms with Gasteiger partial charge in [0.05, 0.1) is 25.4 Å². The molecular weight excluding hydrogens is 365 g/mol. The van der Waals surface area contributed by atoms with Gasteiger partial charge in [0.25, 0.3) is 0 Å². The maximum atomic E-state index is 13.2. The Kier molecular flexibility index (Phi) is 5.69. The third-order valence-corrected chi connectivity index (χ3v) is 4.01. The number of hydrogen-bond donors (Lipinski definition) is 2. The average molecular weight is 383 g/mol. The molecule has 0 saturated heterocycles. The highest BCUT2D eigenvalue weighted by Gasteiger charge is 2.11. The Bertz CT molecular complexity index is 1020. The number of ether oxygens (including phenoxy) is 2. The van der Waals surface area contributed by atoms with Crippen molar-refractivity contribution >= 4 is 28.6 Å². The first-order chi connectivity index (χ1) is 13.5. The molecule has 144 valence electrons. The van der Waals surface area contributed by atoms with Gasteiger partial charge in [-0.25, -0.2) is 14.2 Å². The van der Waals surface area contributed by atoms with Crippen molar-refractivity contribution in [2.45, 2.75) is 0 Å². The van der Waals surface area contributed by atoms with Gasteiger partial charge in [-0.1, -0.05) is 0 Å². The van der Waals surface area contributed by atoms with E-state index in [1.165, 1.54) is 26.4 Å². The Balaban J connectivity index is 1.87. The summed E-state index contributed by atoms with van der Waals surface area (Å²) >= 11 is 0. The highest BCUT2D eigenvalue weighted by molar-refractivity contribution is 5.96. The first-order valence-corrected chi connectivity index (χ1v) is 8.36. The molecule has 0 spiro atoms. The summed E-state index contributed by atoms with van der Waals surface area (Å²) < 4.78 is 23.1. The number of esters is 1. The molecule has 0 aliphatic carbocycles. The molecule has 0 radical (unpaired) electrons. The van der Waals surface area contributed by atoms with Gasteiger partial charge in [-0.2, -0.15) is 0 Å². The van der Waals surface area contributed by atoms with E-state index in [9.17, 15) is 14.0 Å². The van der Waals surface area contributed by atoms with Crippen molar-refractivity contribution in [3.8, 4) is 17.0 Å². The largest absolute Gasteiger partial charge is 0.496 e. The minimum Gasteiger partial charge on any atom is -0.496 e. The van der Waals surface area contributed by atoms with Gasteiger partial charge < -0.3 is 20.1 Å². The molecule has 3 rings (SSSR count). The van der Waals surface area contributed by atoms with Gasteiger partial charge in [-0.15, -0.1) is 0 Å². The monoisotopic (exact) mass is 383 g/mol. The van der Waals surface area contributed by atoms with Gasteiger partial charge in [0.15, 0.2) is 0 Å². The number of amides is 2. The Morgan fingerprint density at radius 3 is 2.50 bits per heavy atom. The summed E-state index contributed by atoms with van der Waals surface area (Å²) in [6.45, 7) is -0.234. The third kappa shape index (κ3) is 4.35. The second kappa shape index (κ2) is 8.34. The molecule has 28 heavy (non-hydrogen) atoms. The predicted octanol–water partition coefficient (Wildman–Crippen LogP) is 3.34. The number of halogens is 1. The maximum Gasteiger partial charge on any atom is 0.325 e. The number of carbonyl (C=O) groups is 2. The lowest BCUT2D eigenvalue weighted by Crippen LogP contribution is -2.33. The molecule has 1 heterocycles. The number of aromatic nitrogens is 1. The minimum absolute atomic E-state index is 0.234. The van der Waals surface area contributed by atoms with E-state index in [-0.39, 0.29) is 12.4 Å². The van der Waals surface area contributed by atoms with Crippen LogP contribution in [0.25, 0.3) is 22.2 Å². The van der Waals surface area contributed by atoms with Crippen molar-refractivity contribution < 1.29 is 23.5 Å². The molecule has 2 aromatic carbocycles. The molecule has 0 aliphatic rings. The van der Waals surface area contributed by atoms with Gasteiger partial charge in [0, 0.05) is 22.7 Å². The van der Waals surface area contributed by atoms with Crippen LogP contribution in [0.5, 0.6) is 5.75 Å². The van der Waals surface area contributed by atoms with Crippen LogP contribution in [0.1, 0.15) is 0 Å². The molecule has 1 aromatic heterocycles. The zero-order valence-corrected chi connectivity index (χ0v) is 15.3. The summed E-state index contributed by atoms with van der Waals surface area (Å²) in [7, 11) is 2.77. The third-order valence-electron chi connectivity index (χ3n) is 4.01. The van der Waals surface area contributed by atoms with Crippen LogP contribution in [-0.2, 0) is 9.53 Å². The van der Waals surface area contributed by atoms with Gasteiger partial charge in [0.2, 0.25) is 0 Å². The molecule has 2 amide bonds. The van der Waals surface area contributed by atoms with Crippen LogP contribution in [0.4, 0.5) is 14.9 Å². The van der Waals surface area contributed by atoms with Crippen LogP contribution in [0.15, 0.2) is 48.5 Å². The summed E-state index contributed by atoms with van der Waals surface area (Å²) in [5.41, 5.74) is 2.55. The van der Waals surface area contributed by atoms with Gasteiger partial charge in [-0.05, 0) is 42.5 Å². The summed E-state index contributed by atoms with van der Waals surface area (Å²) in [4.78, 5) is 27.5. The van der Waals surface area contributed by atoms with Gasteiger partial charge in [-0.3, -0.25) is 4.79 Å². The van der Waals surface area contributed by atoms with Crippen LogP contribution >= 0.6 is 0 Å². The lowest BCUT2D eigenvalue weighted by Gasteiger charge is -2.11. The number of anilines is 1. The fourth-order valence-corrected chi connectivity index (χ4v) is 2.61. The van der Waals surface area contributed by atoms with E-state index in [4.69, 9.17) is 4.74 Å². The number of methoxy groups -OCH3 is 2. The topological polar surface area (TPSA) is 89.5 Å². The lowest BCUT2D eigenvalue weighted by molar-refractivity contribution is -0.139. The first kappa shape index (κ1) is 19.1. The smallest absolute Gasteiger partial charge is 0.325 e. The molecule has 2 N–H and O–H groups in total. The van der Waals surface area contributed by atoms with E-state index in [0.29, 0.717) is 28.0 Å². The normalized spacial score (nSPS) is 10.4. The Morgan fingerprint density at radius 1 is 1.07 bits per heavy atom. The maximum absolute atomic E-state index is 13.2. The minimum atomic E-state index is -0.548. The summed E-state index contributed by atoms with van der Waals surface area (Å²) in [5.74, 6) is -0.312. The van der Waals surface area contributed by atoms with Gasteiger partial charge >= 0.3 is 12.0 Å². The molecular formula is C20H18FN3O4. The van der Waals surface area contributed by atoms with Crippen molar-refractivity contribution in [2.75, 3.05) is 26.1 Å². The van der Waals surface area contributed by atoms with Crippen molar-refractivity contribution in [2.24, 2.45) is 0 Å². The number of urea groups is 1. The highest BCUT2D eigenvalue weighted by Crippen LogP contribution is 2.31. The van der Waals surface area contributed by atoms with Gasteiger partial charge in [0.1, 0.15) is 18.1 Å². The summed E-state index contributed by atoms with van der Waals surface area (Å²) in [5, 5.41) is 5.72. The van der Waals surface area contributed by atoms with Crippen molar-refractivity contribution in [3.05, 3.63) is 54.3 Å². The molecule has 7 nitrogen and oxygen atoms in total. The van der Waals surface area contributed by atoms with Crippen LogP contribution in [0.2, 0.25) is 0 Å². The van der Waals surface area contributed by atoms with Crippen LogP contribution in [0, 0.1) is 5.82 Å². The fourth-order valence-electron chi connectivity index (χ4n) is 2.61. The van der Waals surface area contributed by atoms with E-state index in [1.807, 2.05) is 0 Å². The Labute approximate surface area is 160 Å². The standard InChI is InChI=1S/C20H18FN3O4/c1-27-18-10-17(12-3-5-13(21)6-4-12)24-16-8-7-14(9-15(16)18)23-20(26)22-11-19(25)28-2/h3-10H,11H2,1-2H3,(H2,22,23,26). The lowest BCUT2D eigenvalue weighted by atomic mass is 10.1. The predicted molar refractivity (Wildman–Crippen MR) is 103 cm³/mol. The van der Waals surface area contributed by atoms with E-state index in [2.05, 4.69) is 20.4 Å². The molecule has 0 fully saturated rings. The zero-order valence-electron chi connectivity index (χ0n) is 15.3. The summed E-state index contributed by atoms with van der Waals surface area (Å²) in [6, 6.07) is 12.4. The zero-order chi connectivity index (χ0) is 20.1. The van der Waals surface area contributed by atoms with E-state index < -0.39 is 12.0 Å². The van der Waals surface area contributed by atoms with E-state index >= 15 is 0 Å². The first-order valence-electron chi connectivity index (χ1n) is 8.36. The number of nitrogens with one attached hydrogen (secondary N) is 2. The fraction of sp³-hybridized carbons (Fsp3) is 0.150. The number of fused-ring (bicyclic) bond motifs is 1. The van der Waals surface area contributed by atoms with Crippen LogP contribution < -0.4 is 15.4 Å². The molecule has 0 bridgehead atoms. The average Bonchev–Trinajstić information content (AvgIpc) is 2.71. The molecule has 3 aromatic rings. The molecule has 8 heteroatoms. The highest BCUT2D eigenvalue weighted by atomic mass is 19.1. The van der Waals surface area contributed by atoms with Crippen molar-refractivity contribution in [3.63, 3.8) is 0 Å². The molecule has 0 aliphatic heterocycles. The second-order valence-corrected chi connectivity index (χ2v) is 5.83. The number of carbonyl (C=O) groups excluding carboxylic acids is 2.